The number of halogens is 1. The van der Waals surface area contributed by atoms with Gasteiger partial charge in [0.2, 0.25) is 0 Å². The van der Waals surface area contributed by atoms with E-state index in [1.54, 1.807) is 10.9 Å². The average Bonchev–Trinajstić information content (AvgIpc) is 2.96. The van der Waals surface area contributed by atoms with E-state index in [0.717, 1.165) is 23.3 Å². The molecule has 0 saturated carbocycles. The van der Waals surface area contributed by atoms with Crippen LogP contribution in [0.15, 0.2) is 24.4 Å². The van der Waals surface area contributed by atoms with Crippen molar-refractivity contribution in [3.8, 4) is 5.75 Å². The van der Waals surface area contributed by atoms with E-state index >= 15 is 0 Å². The maximum absolute atomic E-state index is 10.8. The smallest absolute Gasteiger partial charge is 0.356 e. The van der Waals surface area contributed by atoms with Crippen LogP contribution in [0.2, 0.25) is 5.02 Å². The molecule has 5 nitrogen and oxygen atoms in total. The van der Waals surface area contributed by atoms with Crippen molar-refractivity contribution < 1.29 is 14.6 Å². The minimum absolute atomic E-state index is 0.0274. The summed E-state index contributed by atoms with van der Waals surface area (Å²) in [5.41, 5.74) is 2.03. The maximum atomic E-state index is 10.8. The molecule has 1 aliphatic heterocycles. The van der Waals surface area contributed by atoms with Gasteiger partial charge in [0.05, 0.1) is 13.2 Å². The van der Waals surface area contributed by atoms with E-state index in [0.29, 0.717) is 18.2 Å². The lowest BCUT2D eigenvalue weighted by Crippen LogP contribution is -2.05. The number of carboxylic acid groups (broad SMARTS) is 1. The molecule has 1 aromatic heterocycles. The summed E-state index contributed by atoms with van der Waals surface area (Å²) < 4.78 is 7.16. The van der Waals surface area contributed by atoms with Crippen LogP contribution in [0.3, 0.4) is 0 Å². The lowest BCUT2D eigenvalue weighted by atomic mass is 10.1. The molecule has 2 heterocycles. The van der Waals surface area contributed by atoms with Gasteiger partial charge in [0, 0.05) is 23.2 Å². The number of aromatic nitrogens is 2. The van der Waals surface area contributed by atoms with Crippen LogP contribution in [0.25, 0.3) is 0 Å². The summed E-state index contributed by atoms with van der Waals surface area (Å²) in [6, 6.07) is 5.20. The normalized spacial score (nSPS) is 13.1. The molecule has 1 aliphatic rings. The number of carboxylic acids is 1. The SMILES string of the molecule is O=C(O)c1ccn(Cc2cc(Cl)cc3c2OCC3)n1. The molecule has 0 unspecified atom stereocenters. The van der Waals surface area contributed by atoms with E-state index in [2.05, 4.69) is 5.10 Å². The Bertz CT molecular complexity index is 651. The Morgan fingerprint density at radius 1 is 1.53 bits per heavy atom. The standard InChI is InChI=1S/C13H11ClN2O3/c14-10-5-8-2-4-19-12(8)9(6-10)7-16-3-1-11(15-16)13(17)18/h1,3,5-6H,2,4,7H2,(H,17,18). The summed E-state index contributed by atoms with van der Waals surface area (Å²) >= 11 is 6.07. The van der Waals surface area contributed by atoms with Gasteiger partial charge in [0.1, 0.15) is 5.75 Å². The Morgan fingerprint density at radius 3 is 3.11 bits per heavy atom. The molecule has 0 aliphatic carbocycles. The number of ether oxygens (including phenoxy) is 1. The van der Waals surface area contributed by atoms with Gasteiger partial charge in [-0.3, -0.25) is 4.68 Å². The Morgan fingerprint density at radius 2 is 2.37 bits per heavy atom. The summed E-state index contributed by atoms with van der Waals surface area (Å²) in [5, 5.41) is 13.5. The third kappa shape index (κ3) is 2.29. The van der Waals surface area contributed by atoms with Crippen LogP contribution in [0.5, 0.6) is 5.75 Å². The quantitative estimate of drug-likeness (QED) is 0.935. The Hall–Kier alpha value is -2.01. The highest BCUT2D eigenvalue weighted by atomic mass is 35.5. The number of aromatic carboxylic acids is 1. The van der Waals surface area contributed by atoms with E-state index in [4.69, 9.17) is 21.4 Å². The molecule has 19 heavy (non-hydrogen) atoms. The minimum Gasteiger partial charge on any atom is -0.493 e. The van der Waals surface area contributed by atoms with Gasteiger partial charge in [-0.05, 0) is 23.8 Å². The highest BCUT2D eigenvalue weighted by molar-refractivity contribution is 6.30. The van der Waals surface area contributed by atoms with Crippen molar-refractivity contribution in [2.24, 2.45) is 0 Å². The molecule has 6 heteroatoms. The molecule has 98 valence electrons. The van der Waals surface area contributed by atoms with Crippen LogP contribution in [-0.4, -0.2) is 27.5 Å². The number of hydrogen-bond donors (Lipinski definition) is 1. The third-order valence-electron chi connectivity index (χ3n) is 3.02. The number of rotatable bonds is 3. The molecule has 0 radical (unpaired) electrons. The van der Waals surface area contributed by atoms with Crippen molar-refractivity contribution >= 4 is 17.6 Å². The van der Waals surface area contributed by atoms with Crippen LogP contribution in [0, 0.1) is 0 Å². The summed E-state index contributed by atoms with van der Waals surface area (Å²) in [7, 11) is 0. The fraction of sp³-hybridized carbons (Fsp3) is 0.231. The highest BCUT2D eigenvalue weighted by Gasteiger charge is 2.18. The van der Waals surface area contributed by atoms with Gasteiger partial charge in [-0.25, -0.2) is 4.79 Å². The fourth-order valence-corrected chi connectivity index (χ4v) is 2.47. The fourth-order valence-electron chi connectivity index (χ4n) is 2.20. The molecule has 1 N–H and O–H groups in total. The van der Waals surface area contributed by atoms with Crippen molar-refractivity contribution in [3.05, 3.63) is 46.2 Å². The highest BCUT2D eigenvalue weighted by Crippen LogP contribution is 2.33. The lowest BCUT2D eigenvalue weighted by molar-refractivity contribution is 0.0689. The second kappa shape index (κ2) is 4.59. The molecular formula is C13H11ClN2O3. The van der Waals surface area contributed by atoms with Crippen LogP contribution in [0.1, 0.15) is 21.6 Å². The first-order valence-corrected chi connectivity index (χ1v) is 6.22. The van der Waals surface area contributed by atoms with Gasteiger partial charge in [0.15, 0.2) is 5.69 Å². The van der Waals surface area contributed by atoms with E-state index in [1.807, 2.05) is 12.1 Å². The van der Waals surface area contributed by atoms with E-state index in [1.165, 1.54) is 6.07 Å². The van der Waals surface area contributed by atoms with Crippen LogP contribution < -0.4 is 4.74 Å². The first-order valence-electron chi connectivity index (χ1n) is 5.84. The molecule has 0 fully saturated rings. The second-order valence-corrected chi connectivity index (χ2v) is 4.79. The summed E-state index contributed by atoms with van der Waals surface area (Å²) in [5.74, 6) is -0.192. The van der Waals surface area contributed by atoms with E-state index < -0.39 is 5.97 Å². The molecule has 0 amide bonds. The minimum atomic E-state index is -1.04. The van der Waals surface area contributed by atoms with Crippen molar-refractivity contribution in [1.29, 1.82) is 0 Å². The molecule has 0 saturated heterocycles. The number of benzene rings is 1. The van der Waals surface area contributed by atoms with Crippen LogP contribution >= 0.6 is 11.6 Å². The Kier molecular flexibility index (Phi) is 2.91. The molecular weight excluding hydrogens is 268 g/mol. The van der Waals surface area contributed by atoms with Crippen LogP contribution in [-0.2, 0) is 13.0 Å². The first-order chi connectivity index (χ1) is 9.13. The van der Waals surface area contributed by atoms with Gasteiger partial charge < -0.3 is 9.84 Å². The summed E-state index contributed by atoms with van der Waals surface area (Å²) in [6.07, 6.45) is 2.48. The van der Waals surface area contributed by atoms with E-state index in [9.17, 15) is 4.79 Å². The second-order valence-electron chi connectivity index (χ2n) is 4.36. The van der Waals surface area contributed by atoms with Gasteiger partial charge in [-0.2, -0.15) is 5.10 Å². The summed E-state index contributed by atoms with van der Waals surface area (Å²) in [4.78, 5) is 10.8. The monoisotopic (exact) mass is 278 g/mol. The molecule has 1 aromatic carbocycles. The maximum Gasteiger partial charge on any atom is 0.356 e. The third-order valence-corrected chi connectivity index (χ3v) is 3.24. The molecule has 2 aromatic rings. The topological polar surface area (TPSA) is 64.3 Å². The molecule has 0 spiro atoms. The van der Waals surface area contributed by atoms with Gasteiger partial charge in [-0.1, -0.05) is 11.6 Å². The zero-order valence-electron chi connectivity index (χ0n) is 9.97. The average molecular weight is 279 g/mol. The number of hydrogen-bond acceptors (Lipinski definition) is 3. The number of fused-ring (bicyclic) bond motifs is 1. The van der Waals surface area contributed by atoms with Crippen molar-refractivity contribution in [1.82, 2.24) is 9.78 Å². The van der Waals surface area contributed by atoms with E-state index in [-0.39, 0.29) is 5.69 Å². The first kappa shape index (κ1) is 12.0. The molecule has 0 bridgehead atoms. The Labute approximate surface area is 114 Å². The van der Waals surface area contributed by atoms with Crippen LogP contribution in [0.4, 0.5) is 0 Å². The molecule has 0 atom stereocenters. The van der Waals surface area contributed by atoms with Crippen molar-refractivity contribution in [2.45, 2.75) is 13.0 Å². The summed E-state index contributed by atoms with van der Waals surface area (Å²) in [6.45, 7) is 1.10. The predicted molar refractivity (Wildman–Crippen MR) is 68.9 cm³/mol. The van der Waals surface area contributed by atoms with Gasteiger partial charge in [-0.15, -0.1) is 0 Å². The zero-order valence-corrected chi connectivity index (χ0v) is 10.7. The zero-order chi connectivity index (χ0) is 13.4. The predicted octanol–water partition coefficient (Wildman–Crippen LogP) is 2.22. The van der Waals surface area contributed by atoms with Crippen molar-refractivity contribution in [3.63, 3.8) is 0 Å². The lowest BCUT2D eigenvalue weighted by Gasteiger charge is -2.09. The van der Waals surface area contributed by atoms with Crippen molar-refractivity contribution in [2.75, 3.05) is 6.61 Å². The Balaban J connectivity index is 1.92. The largest absolute Gasteiger partial charge is 0.493 e. The molecule has 3 rings (SSSR count). The number of carbonyl (C=O) groups is 1. The van der Waals surface area contributed by atoms with Gasteiger partial charge in [0.25, 0.3) is 0 Å². The number of nitrogens with zero attached hydrogens (tertiary/aromatic N) is 2. The van der Waals surface area contributed by atoms with Gasteiger partial charge >= 0.3 is 5.97 Å².